The zero-order chi connectivity index (χ0) is 14.5. The van der Waals surface area contributed by atoms with E-state index in [1.807, 2.05) is 24.3 Å². The predicted octanol–water partition coefficient (Wildman–Crippen LogP) is 1.69. The number of hydrogen-bond donors (Lipinski definition) is 2. The largest absolute Gasteiger partial charge is 0.466 e. The Balaban J connectivity index is 1.99. The molecule has 2 aromatic rings. The number of carbonyl (C=O) groups excluding carboxylic acids is 2. The van der Waals surface area contributed by atoms with Gasteiger partial charge in [0.15, 0.2) is 0 Å². The molecular weight excluding hydrogens is 258 g/mol. The minimum Gasteiger partial charge on any atom is -0.466 e. The number of rotatable bonds is 5. The number of para-hydroxylation sites is 2. The third-order valence-corrected chi connectivity index (χ3v) is 2.81. The van der Waals surface area contributed by atoms with Crippen molar-refractivity contribution in [1.82, 2.24) is 15.3 Å². The molecule has 0 saturated carbocycles. The van der Waals surface area contributed by atoms with Crippen molar-refractivity contribution in [2.24, 2.45) is 0 Å². The van der Waals surface area contributed by atoms with E-state index in [4.69, 9.17) is 4.74 Å². The number of esters is 1. The van der Waals surface area contributed by atoms with Gasteiger partial charge in [-0.3, -0.25) is 9.59 Å². The molecule has 0 fully saturated rings. The van der Waals surface area contributed by atoms with Gasteiger partial charge in [-0.15, -0.1) is 0 Å². The number of aromatic amines is 1. The van der Waals surface area contributed by atoms with Crippen LogP contribution in [0.4, 0.5) is 0 Å². The van der Waals surface area contributed by atoms with Crippen LogP contribution in [0.5, 0.6) is 0 Å². The molecule has 1 heterocycles. The Bertz CT molecular complexity index is 588. The van der Waals surface area contributed by atoms with Crippen LogP contribution in [-0.4, -0.2) is 28.5 Å². The summed E-state index contributed by atoms with van der Waals surface area (Å²) in [6.07, 6.45) is -0.279. The molecule has 2 N–H and O–H groups in total. The first-order valence-electron chi connectivity index (χ1n) is 6.49. The lowest BCUT2D eigenvalue weighted by atomic mass is 10.3. The summed E-state index contributed by atoms with van der Waals surface area (Å²) in [5.41, 5.74) is 1.75. The Labute approximate surface area is 116 Å². The second-order valence-electron chi connectivity index (χ2n) is 4.41. The molecule has 0 saturated heterocycles. The van der Waals surface area contributed by atoms with Gasteiger partial charge in [0.1, 0.15) is 12.2 Å². The molecule has 1 aromatic heterocycles. The zero-order valence-corrected chi connectivity index (χ0v) is 11.5. The maximum absolute atomic E-state index is 11.7. The lowest BCUT2D eigenvalue weighted by molar-refractivity contribution is -0.146. The number of aromatic nitrogens is 2. The zero-order valence-electron chi connectivity index (χ0n) is 11.5. The lowest BCUT2D eigenvalue weighted by Gasteiger charge is -2.10. The second kappa shape index (κ2) is 6.18. The first-order valence-corrected chi connectivity index (χ1v) is 6.49. The van der Waals surface area contributed by atoms with Crippen LogP contribution in [-0.2, 0) is 14.3 Å². The van der Waals surface area contributed by atoms with Crippen LogP contribution in [0.25, 0.3) is 11.0 Å². The number of nitrogens with zero attached hydrogens (tertiary/aromatic N) is 1. The minimum absolute atomic E-state index is 0.269. The van der Waals surface area contributed by atoms with Crippen molar-refractivity contribution in [1.29, 1.82) is 0 Å². The van der Waals surface area contributed by atoms with E-state index in [1.165, 1.54) is 0 Å². The van der Waals surface area contributed by atoms with Crippen molar-refractivity contribution in [3.05, 3.63) is 30.1 Å². The van der Waals surface area contributed by atoms with Gasteiger partial charge in [-0.25, -0.2) is 4.98 Å². The van der Waals surface area contributed by atoms with E-state index in [0.717, 1.165) is 11.0 Å². The maximum atomic E-state index is 11.7. The summed E-state index contributed by atoms with van der Waals surface area (Å²) in [5, 5.41) is 2.71. The minimum atomic E-state index is -0.526. The molecule has 0 spiro atoms. The molecule has 2 rings (SSSR count). The summed E-state index contributed by atoms with van der Waals surface area (Å²) in [6, 6.07) is 7.32. The number of benzene rings is 1. The smallest absolute Gasteiger partial charge is 0.315 e. The van der Waals surface area contributed by atoms with E-state index in [2.05, 4.69) is 15.3 Å². The molecule has 0 bridgehead atoms. The molecule has 1 aromatic carbocycles. The van der Waals surface area contributed by atoms with E-state index in [9.17, 15) is 9.59 Å². The van der Waals surface area contributed by atoms with Gasteiger partial charge in [-0.05, 0) is 26.0 Å². The fraction of sp³-hybridized carbons (Fsp3) is 0.357. The van der Waals surface area contributed by atoms with Crippen molar-refractivity contribution in [3.63, 3.8) is 0 Å². The third kappa shape index (κ3) is 3.34. The van der Waals surface area contributed by atoms with Crippen molar-refractivity contribution in [2.75, 3.05) is 6.61 Å². The van der Waals surface area contributed by atoms with Crippen LogP contribution in [0.2, 0.25) is 0 Å². The third-order valence-electron chi connectivity index (χ3n) is 2.81. The van der Waals surface area contributed by atoms with Crippen molar-refractivity contribution in [2.45, 2.75) is 26.3 Å². The van der Waals surface area contributed by atoms with Gasteiger partial charge in [0.25, 0.3) is 0 Å². The van der Waals surface area contributed by atoms with Gasteiger partial charge in [-0.2, -0.15) is 0 Å². The van der Waals surface area contributed by atoms with Crippen LogP contribution in [0.3, 0.4) is 0 Å². The monoisotopic (exact) mass is 275 g/mol. The Hall–Kier alpha value is -2.37. The molecule has 1 unspecified atom stereocenters. The van der Waals surface area contributed by atoms with Gasteiger partial charge >= 0.3 is 5.97 Å². The predicted molar refractivity (Wildman–Crippen MR) is 73.9 cm³/mol. The van der Waals surface area contributed by atoms with Crippen LogP contribution in [0.15, 0.2) is 24.3 Å². The molecule has 1 atom stereocenters. The summed E-state index contributed by atoms with van der Waals surface area (Å²) in [5.74, 6) is -0.248. The van der Waals surface area contributed by atoms with E-state index in [-0.39, 0.29) is 25.0 Å². The first-order chi connectivity index (χ1) is 9.60. The molecule has 6 heteroatoms. The molecular formula is C14H17N3O3. The number of carbonyl (C=O) groups is 2. The molecule has 0 aliphatic heterocycles. The summed E-state index contributed by atoms with van der Waals surface area (Å²) in [6.45, 7) is 3.78. The van der Waals surface area contributed by atoms with Crippen LogP contribution in [0, 0.1) is 0 Å². The van der Waals surface area contributed by atoms with Crippen LogP contribution >= 0.6 is 0 Å². The Morgan fingerprint density at radius 3 is 2.85 bits per heavy atom. The molecule has 106 valence electrons. The van der Waals surface area contributed by atoms with Crippen LogP contribution < -0.4 is 5.32 Å². The normalized spacial score (nSPS) is 12.1. The molecule has 6 nitrogen and oxygen atoms in total. The highest BCUT2D eigenvalue weighted by molar-refractivity contribution is 5.94. The van der Waals surface area contributed by atoms with E-state index in [1.54, 1.807) is 13.8 Å². The SMILES string of the molecule is CCOC(=O)CC(=O)NC(C)c1nc2ccccc2[nH]1. The van der Waals surface area contributed by atoms with E-state index in [0.29, 0.717) is 5.82 Å². The molecule has 20 heavy (non-hydrogen) atoms. The van der Waals surface area contributed by atoms with Gasteiger partial charge in [0, 0.05) is 0 Å². The number of nitrogens with one attached hydrogen (secondary N) is 2. The first kappa shape index (κ1) is 14.0. The van der Waals surface area contributed by atoms with Crippen LogP contribution in [0.1, 0.15) is 32.1 Å². The highest BCUT2D eigenvalue weighted by Crippen LogP contribution is 2.15. The number of amides is 1. The van der Waals surface area contributed by atoms with E-state index < -0.39 is 5.97 Å². The van der Waals surface area contributed by atoms with Gasteiger partial charge in [0.05, 0.1) is 23.7 Å². The number of H-pyrrole nitrogens is 1. The number of hydrogen-bond acceptors (Lipinski definition) is 4. The molecule has 0 aliphatic rings. The average molecular weight is 275 g/mol. The molecule has 1 amide bonds. The lowest BCUT2D eigenvalue weighted by Crippen LogP contribution is -2.29. The fourth-order valence-electron chi connectivity index (χ4n) is 1.88. The van der Waals surface area contributed by atoms with Gasteiger partial charge < -0.3 is 15.0 Å². The standard InChI is InChI=1S/C14H17N3O3/c1-3-20-13(19)8-12(18)15-9(2)14-16-10-6-4-5-7-11(10)17-14/h4-7,9H,3,8H2,1-2H3,(H,15,18)(H,16,17). The highest BCUT2D eigenvalue weighted by Gasteiger charge is 2.16. The van der Waals surface area contributed by atoms with Gasteiger partial charge in [-0.1, -0.05) is 12.1 Å². The van der Waals surface area contributed by atoms with Crippen molar-refractivity contribution < 1.29 is 14.3 Å². The summed E-state index contributed by atoms with van der Waals surface area (Å²) >= 11 is 0. The number of fused-ring (bicyclic) bond motifs is 1. The number of imidazole rings is 1. The fourth-order valence-corrected chi connectivity index (χ4v) is 1.88. The summed E-state index contributed by atoms with van der Waals surface area (Å²) < 4.78 is 4.72. The van der Waals surface area contributed by atoms with Crippen molar-refractivity contribution >= 4 is 22.9 Å². The van der Waals surface area contributed by atoms with Gasteiger partial charge in [0.2, 0.25) is 5.91 Å². The quantitative estimate of drug-likeness (QED) is 0.642. The number of ether oxygens (including phenoxy) is 1. The Morgan fingerprint density at radius 2 is 2.15 bits per heavy atom. The average Bonchev–Trinajstić information content (AvgIpc) is 2.82. The second-order valence-corrected chi connectivity index (χ2v) is 4.41. The summed E-state index contributed by atoms with van der Waals surface area (Å²) in [7, 11) is 0. The Morgan fingerprint density at radius 1 is 1.40 bits per heavy atom. The highest BCUT2D eigenvalue weighted by atomic mass is 16.5. The molecule has 0 radical (unpaired) electrons. The maximum Gasteiger partial charge on any atom is 0.315 e. The van der Waals surface area contributed by atoms with Crippen molar-refractivity contribution in [3.8, 4) is 0 Å². The molecule has 0 aliphatic carbocycles. The van der Waals surface area contributed by atoms with E-state index >= 15 is 0 Å². The Kier molecular flexibility index (Phi) is 4.34. The topological polar surface area (TPSA) is 84.1 Å². The summed E-state index contributed by atoms with van der Waals surface area (Å²) in [4.78, 5) is 30.4.